The van der Waals surface area contributed by atoms with Crippen molar-refractivity contribution in [2.75, 3.05) is 12.5 Å². The summed E-state index contributed by atoms with van der Waals surface area (Å²) in [5.74, 6) is 6.39. The van der Waals surface area contributed by atoms with Crippen LogP contribution in [-0.4, -0.2) is 12.5 Å². The summed E-state index contributed by atoms with van der Waals surface area (Å²) < 4.78 is 19.1. The number of ether oxygens (including phenoxy) is 1. The summed E-state index contributed by atoms with van der Waals surface area (Å²) in [7, 11) is 0. The summed E-state index contributed by atoms with van der Waals surface area (Å²) in [5, 5.41) is 0. The maximum atomic E-state index is 13.5. The highest BCUT2D eigenvalue weighted by molar-refractivity contribution is 6.18. The van der Waals surface area contributed by atoms with Crippen LogP contribution in [0.5, 0.6) is 5.75 Å². The minimum absolute atomic E-state index is 0.345. The van der Waals surface area contributed by atoms with E-state index in [0.29, 0.717) is 30.2 Å². The molecule has 0 saturated carbocycles. The van der Waals surface area contributed by atoms with Crippen molar-refractivity contribution in [1.82, 2.24) is 0 Å². The molecular weight excluding hydrogens is 287 g/mol. The van der Waals surface area contributed by atoms with Crippen LogP contribution < -0.4 is 4.74 Å². The monoisotopic (exact) mass is 302 g/mol. The Morgan fingerprint density at radius 2 is 1.90 bits per heavy atom. The van der Waals surface area contributed by atoms with Crippen LogP contribution in [0.15, 0.2) is 48.5 Å². The maximum absolute atomic E-state index is 13.5. The second kappa shape index (κ2) is 8.34. The van der Waals surface area contributed by atoms with Gasteiger partial charge in [-0.1, -0.05) is 42.2 Å². The van der Waals surface area contributed by atoms with Gasteiger partial charge >= 0.3 is 0 Å². The summed E-state index contributed by atoms with van der Waals surface area (Å²) in [4.78, 5) is 0. The molecule has 2 rings (SSSR count). The predicted molar refractivity (Wildman–Crippen MR) is 84.3 cm³/mol. The lowest BCUT2D eigenvalue weighted by molar-refractivity contribution is 0.320. The Morgan fingerprint density at radius 3 is 2.67 bits per heavy atom. The van der Waals surface area contributed by atoms with Crippen LogP contribution in [0, 0.1) is 17.7 Å². The van der Waals surface area contributed by atoms with Crippen LogP contribution >= 0.6 is 11.6 Å². The van der Waals surface area contributed by atoms with Crippen molar-refractivity contribution in [2.45, 2.75) is 12.8 Å². The van der Waals surface area contributed by atoms with Gasteiger partial charge in [0.05, 0.1) is 6.61 Å². The lowest BCUT2D eigenvalue weighted by atomic mass is 10.2. The van der Waals surface area contributed by atoms with Gasteiger partial charge in [-0.25, -0.2) is 4.39 Å². The van der Waals surface area contributed by atoms with Crippen LogP contribution in [0.1, 0.15) is 17.5 Å². The zero-order valence-electron chi connectivity index (χ0n) is 11.6. The molecule has 0 aromatic heterocycles. The Kier molecular flexibility index (Phi) is 6.12. The first-order chi connectivity index (χ1) is 10.3. The van der Waals surface area contributed by atoms with E-state index in [4.69, 9.17) is 16.3 Å². The minimum atomic E-state index is -0.345. The van der Waals surface area contributed by atoms with E-state index in [1.54, 1.807) is 6.07 Å². The van der Waals surface area contributed by atoms with Crippen molar-refractivity contribution in [3.63, 3.8) is 0 Å². The van der Waals surface area contributed by atoms with E-state index in [0.717, 1.165) is 6.42 Å². The normalized spacial score (nSPS) is 9.81. The molecule has 0 saturated heterocycles. The molecule has 0 atom stereocenters. The number of halogens is 2. The smallest absolute Gasteiger partial charge is 0.128 e. The highest BCUT2D eigenvalue weighted by Gasteiger charge is 2.01. The largest absolute Gasteiger partial charge is 0.493 e. The topological polar surface area (TPSA) is 9.23 Å². The van der Waals surface area contributed by atoms with E-state index in [1.807, 2.05) is 30.3 Å². The van der Waals surface area contributed by atoms with Crippen LogP contribution in [-0.2, 0) is 6.42 Å². The third kappa shape index (κ3) is 5.49. The standard InChI is InChI=1S/C18H16ClFO/c19-10-5-4-8-16-12-17(20)14-18(13-16)21-11-9-15-6-2-1-3-7-15/h1-3,6-7,12-14H,5,9-11H2. The molecule has 108 valence electrons. The van der Waals surface area contributed by atoms with Crippen molar-refractivity contribution in [2.24, 2.45) is 0 Å². The Hall–Kier alpha value is -1.98. The molecule has 1 nitrogen and oxygen atoms in total. The highest BCUT2D eigenvalue weighted by atomic mass is 35.5. The number of alkyl halides is 1. The fourth-order valence-corrected chi connectivity index (χ4v) is 1.96. The summed E-state index contributed by atoms with van der Waals surface area (Å²) in [6.45, 7) is 0.502. The number of benzene rings is 2. The molecule has 0 aliphatic rings. The predicted octanol–water partition coefficient (Wildman–Crippen LogP) is 4.43. The molecule has 0 heterocycles. The molecule has 0 radical (unpaired) electrons. The van der Waals surface area contributed by atoms with Gasteiger partial charge in [0, 0.05) is 30.4 Å². The molecule has 0 aliphatic heterocycles. The Labute approximate surface area is 129 Å². The lowest BCUT2D eigenvalue weighted by Gasteiger charge is -2.07. The van der Waals surface area contributed by atoms with Crippen LogP contribution in [0.4, 0.5) is 4.39 Å². The fourth-order valence-electron chi connectivity index (χ4n) is 1.86. The number of hydrogen-bond acceptors (Lipinski definition) is 1. The zero-order chi connectivity index (χ0) is 14.9. The van der Waals surface area contributed by atoms with Gasteiger partial charge in [0.25, 0.3) is 0 Å². The number of hydrogen-bond donors (Lipinski definition) is 0. The molecular formula is C18H16ClFO. The molecule has 3 heteroatoms. The van der Waals surface area contributed by atoms with E-state index in [2.05, 4.69) is 11.8 Å². The molecule has 2 aromatic rings. The molecule has 0 spiro atoms. The number of rotatable bonds is 5. The van der Waals surface area contributed by atoms with Crippen LogP contribution in [0.3, 0.4) is 0 Å². The van der Waals surface area contributed by atoms with E-state index >= 15 is 0 Å². The van der Waals surface area contributed by atoms with Crippen LogP contribution in [0.2, 0.25) is 0 Å². The molecule has 0 bridgehead atoms. The average molecular weight is 303 g/mol. The molecule has 0 amide bonds. The van der Waals surface area contributed by atoms with Gasteiger partial charge in [-0.2, -0.15) is 0 Å². The van der Waals surface area contributed by atoms with Gasteiger partial charge in [-0.05, 0) is 17.7 Å². The lowest BCUT2D eigenvalue weighted by Crippen LogP contribution is -2.01. The third-order valence-corrected chi connectivity index (χ3v) is 3.01. The van der Waals surface area contributed by atoms with E-state index in [-0.39, 0.29) is 5.82 Å². The second-order valence-corrected chi connectivity index (χ2v) is 4.88. The Morgan fingerprint density at radius 1 is 1.10 bits per heavy atom. The summed E-state index contributed by atoms with van der Waals surface area (Å²) in [6.07, 6.45) is 1.37. The van der Waals surface area contributed by atoms with Gasteiger partial charge in [-0.15, -0.1) is 11.6 Å². The van der Waals surface area contributed by atoms with Crippen molar-refractivity contribution >= 4 is 11.6 Å². The fraction of sp³-hybridized carbons (Fsp3) is 0.222. The van der Waals surface area contributed by atoms with Gasteiger partial charge < -0.3 is 4.74 Å². The third-order valence-electron chi connectivity index (χ3n) is 2.83. The SMILES string of the molecule is Fc1cc(C#CCCCl)cc(OCCc2ccccc2)c1. The zero-order valence-corrected chi connectivity index (χ0v) is 12.4. The van der Waals surface area contributed by atoms with Crippen molar-refractivity contribution in [3.05, 3.63) is 65.5 Å². The molecule has 0 fully saturated rings. The van der Waals surface area contributed by atoms with Crippen molar-refractivity contribution in [3.8, 4) is 17.6 Å². The van der Waals surface area contributed by atoms with Gasteiger partial charge in [0.1, 0.15) is 11.6 Å². The quantitative estimate of drug-likeness (QED) is 0.586. The van der Waals surface area contributed by atoms with Crippen molar-refractivity contribution in [1.29, 1.82) is 0 Å². The first-order valence-electron chi connectivity index (χ1n) is 6.80. The summed E-state index contributed by atoms with van der Waals surface area (Å²) >= 11 is 5.56. The van der Waals surface area contributed by atoms with E-state index in [1.165, 1.54) is 17.7 Å². The van der Waals surface area contributed by atoms with Gasteiger partial charge in [-0.3, -0.25) is 0 Å². The van der Waals surface area contributed by atoms with E-state index < -0.39 is 0 Å². The highest BCUT2D eigenvalue weighted by Crippen LogP contribution is 2.16. The van der Waals surface area contributed by atoms with Crippen LogP contribution in [0.25, 0.3) is 0 Å². The van der Waals surface area contributed by atoms with Crippen molar-refractivity contribution < 1.29 is 9.13 Å². The van der Waals surface area contributed by atoms with Gasteiger partial charge in [0.15, 0.2) is 0 Å². The van der Waals surface area contributed by atoms with Gasteiger partial charge in [0.2, 0.25) is 0 Å². The molecule has 0 unspecified atom stereocenters. The van der Waals surface area contributed by atoms with E-state index in [9.17, 15) is 4.39 Å². The molecule has 21 heavy (non-hydrogen) atoms. The Balaban J connectivity index is 1.95. The molecule has 0 N–H and O–H groups in total. The molecule has 2 aromatic carbocycles. The average Bonchev–Trinajstić information content (AvgIpc) is 2.48. The first kappa shape index (κ1) is 15.4. The summed E-state index contributed by atoms with van der Waals surface area (Å²) in [6, 6.07) is 14.5. The second-order valence-electron chi connectivity index (χ2n) is 4.50. The summed E-state index contributed by atoms with van der Waals surface area (Å²) in [5.41, 5.74) is 1.80. The minimum Gasteiger partial charge on any atom is -0.493 e. The molecule has 0 aliphatic carbocycles. The first-order valence-corrected chi connectivity index (χ1v) is 7.33. The maximum Gasteiger partial charge on any atom is 0.128 e. The Bertz CT molecular complexity index is 629.